The number of hydrogen-bond donors (Lipinski definition) is 1. The summed E-state index contributed by atoms with van der Waals surface area (Å²) in [5.41, 5.74) is 2.05. The lowest BCUT2D eigenvalue weighted by molar-refractivity contribution is 0.189. The first-order chi connectivity index (χ1) is 11.7. The highest BCUT2D eigenvalue weighted by Crippen LogP contribution is 2.19. The molecular weight excluding hydrogens is 306 g/mol. The number of urea groups is 1. The van der Waals surface area contributed by atoms with Gasteiger partial charge in [-0.2, -0.15) is 5.26 Å². The normalized spacial score (nSPS) is 16.5. The van der Waals surface area contributed by atoms with Crippen LogP contribution in [0, 0.1) is 18.3 Å². The van der Waals surface area contributed by atoms with E-state index < -0.39 is 0 Å². The molecule has 1 aliphatic heterocycles. The molecule has 2 amide bonds. The summed E-state index contributed by atoms with van der Waals surface area (Å²) in [5.74, 6) is 0.214. The van der Waals surface area contributed by atoms with Crippen molar-refractivity contribution < 1.29 is 9.53 Å². The number of rotatable bonds is 3. The quantitative estimate of drug-likeness (QED) is 0.936. The lowest BCUT2D eigenvalue weighted by atomic mass is 10.2. The van der Waals surface area contributed by atoms with Gasteiger partial charge in [-0.25, -0.2) is 14.8 Å². The molecule has 7 nitrogen and oxygen atoms in total. The van der Waals surface area contributed by atoms with Crippen LogP contribution in [0.15, 0.2) is 36.7 Å². The summed E-state index contributed by atoms with van der Waals surface area (Å²) in [6, 6.07) is 9.42. The van der Waals surface area contributed by atoms with Gasteiger partial charge < -0.3 is 15.0 Å². The van der Waals surface area contributed by atoms with Crippen LogP contribution >= 0.6 is 0 Å². The molecule has 1 N–H and O–H groups in total. The number of anilines is 1. The summed E-state index contributed by atoms with van der Waals surface area (Å²) in [6.45, 7) is 3.03. The topological polar surface area (TPSA) is 91.1 Å². The Kier molecular flexibility index (Phi) is 4.57. The van der Waals surface area contributed by atoms with Gasteiger partial charge in [-0.05, 0) is 19.1 Å². The van der Waals surface area contributed by atoms with Crippen molar-refractivity contribution >= 4 is 11.7 Å². The molecule has 0 radical (unpaired) electrons. The Morgan fingerprint density at radius 1 is 1.33 bits per heavy atom. The molecule has 1 saturated heterocycles. The zero-order valence-electron chi connectivity index (χ0n) is 13.3. The maximum atomic E-state index is 12.3. The average Bonchev–Trinajstić information content (AvgIpc) is 3.06. The van der Waals surface area contributed by atoms with E-state index in [1.807, 2.05) is 37.3 Å². The van der Waals surface area contributed by atoms with Gasteiger partial charge in [0.1, 0.15) is 12.2 Å². The Balaban J connectivity index is 1.58. The van der Waals surface area contributed by atoms with Crippen LogP contribution in [0.1, 0.15) is 17.7 Å². The number of likely N-dealkylation sites (tertiary alicyclic amines) is 1. The van der Waals surface area contributed by atoms with Crippen LogP contribution in [-0.4, -0.2) is 40.1 Å². The standard InChI is InChI=1S/C17H17N5O2/c1-12-2-4-13(5-3-12)21-17(23)22-9-6-14(11-22)24-16-15(10-18)19-7-8-20-16/h2-5,7-8,14H,6,9,11H2,1H3,(H,21,23). The minimum absolute atomic E-state index is 0.153. The summed E-state index contributed by atoms with van der Waals surface area (Å²) in [6.07, 6.45) is 3.41. The van der Waals surface area contributed by atoms with Gasteiger partial charge in [0.2, 0.25) is 5.69 Å². The van der Waals surface area contributed by atoms with E-state index in [1.54, 1.807) is 4.90 Å². The zero-order valence-corrected chi connectivity index (χ0v) is 13.3. The molecule has 0 bridgehead atoms. The highest BCUT2D eigenvalue weighted by molar-refractivity contribution is 5.89. The molecule has 24 heavy (non-hydrogen) atoms. The Labute approximate surface area is 139 Å². The van der Waals surface area contributed by atoms with Gasteiger partial charge in [0.15, 0.2) is 0 Å². The van der Waals surface area contributed by atoms with Gasteiger partial charge in [-0.1, -0.05) is 17.7 Å². The van der Waals surface area contributed by atoms with E-state index >= 15 is 0 Å². The number of aryl methyl sites for hydroxylation is 1. The van der Waals surface area contributed by atoms with E-state index in [2.05, 4.69) is 15.3 Å². The summed E-state index contributed by atoms with van der Waals surface area (Å²) < 4.78 is 5.73. The van der Waals surface area contributed by atoms with Crippen molar-refractivity contribution in [3.63, 3.8) is 0 Å². The molecule has 1 aliphatic rings. The third-order valence-electron chi connectivity index (χ3n) is 3.78. The van der Waals surface area contributed by atoms with Gasteiger partial charge in [0.05, 0.1) is 6.54 Å². The van der Waals surface area contributed by atoms with Crippen molar-refractivity contribution in [2.24, 2.45) is 0 Å². The second kappa shape index (κ2) is 6.96. The molecule has 7 heteroatoms. The molecule has 3 rings (SSSR count). The maximum Gasteiger partial charge on any atom is 0.321 e. The average molecular weight is 323 g/mol. The smallest absolute Gasteiger partial charge is 0.321 e. The van der Waals surface area contributed by atoms with Crippen LogP contribution in [0.5, 0.6) is 5.88 Å². The lowest BCUT2D eigenvalue weighted by Crippen LogP contribution is -2.34. The number of hydrogen-bond acceptors (Lipinski definition) is 5. The van der Waals surface area contributed by atoms with Crippen molar-refractivity contribution in [2.75, 3.05) is 18.4 Å². The molecule has 122 valence electrons. The van der Waals surface area contributed by atoms with Crippen molar-refractivity contribution in [3.05, 3.63) is 47.9 Å². The first-order valence-corrected chi connectivity index (χ1v) is 7.66. The second-order valence-corrected chi connectivity index (χ2v) is 5.59. The minimum atomic E-state index is -0.197. The summed E-state index contributed by atoms with van der Waals surface area (Å²) >= 11 is 0. The number of ether oxygens (including phenoxy) is 1. The van der Waals surface area contributed by atoms with E-state index in [0.29, 0.717) is 19.5 Å². The molecule has 2 heterocycles. The number of carbonyl (C=O) groups excluding carboxylic acids is 1. The maximum absolute atomic E-state index is 12.3. The molecule has 0 saturated carbocycles. The van der Waals surface area contributed by atoms with Crippen LogP contribution in [-0.2, 0) is 0 Å². The van der Waals surface area contributed by atoms with E-state index in [-0.39, 0.29) is 23.7 Å². The summed E-state index contributed by atoms with van der Waals surface area (Å²) in [4.78, 5) is 21.9. The summed E-state index contributed by atoms with van der Waals surface area (Å²) in [7, 11) is 0. The van der Waals surface area contributed by atoms with Crippen LogP contribution < -0.4 is 10.1 Å². The minimum Gasteiger partial charge on any atom is -0.470 e. The first kappa shape index (κ1) is 15.7. The Morgan fingerprint density at radius 2 is 2.08 bits per heavy atom. The molecular formula is C17H17N5O2. The van der Waals surface area contributed by atoms with Gasteiger partial charge in [-0.15, -0.1) is 0 Å². The number of benzene rings is 1. The van der Waals surface area contributed by atoms with Crippen LogP contribution in [0.4, 0.5) is 10.5 Å². The lowest BCUT2D eigenvalue weighted by Gasteiger charge is -2.18. The predicted molar refractivity (Wildman–Crippen MR) is 87.6 cm³/mol. The fraction of sp³-hybridized carbons (Fsp3) is 0.294. The Hall–Kier alpha value is -3.14. The molecule has 1 atom stereocenters. The molecule has 2 aromatic rings. The number of amides is 2. The number of nitrogens with zero attached hydrogens (tertiary/aromatic N) is 4. The number of nitrogens with one attached hydrogen (secondary N) is 1. The molecule has 1 aromatic heterocycles. The highest BCUT2D eigenvalue weighted by Gasteiger charge is 2.28. The molecule has 1 unspecified atom stereocenters. The van der Waals surface area contributed by atoms with Crippen molar-refractivity contribution in [3.8, 4) is 11.9 Å². The van der Waals surface area contributed by atoms with Crippen LogP contribution in [0.2, 0.25) is 0 Å². The fourth-order valence-electron chi connectivity index (χ4n) is 2.49. The molecule has 1 fully saturated rings. The van der Waals surface area contributed by atoms with Gasteiger partial charge >= 0.3 is 6.03 Å². The fourth-order valence-corrected chi connectivity index (χ4v) is 2.49. The predicted octanol–water partition coefficient (Wildman–Crippen LogP) is 2.34. The van der Waals surface area contributed by atoms with Crippen molar-refractivity contribution in [1.82, 2.24) is 14.9 Å². The monoisotopic (exact) mass is 323 g/mol. The van der Waals surface area contributed by atoms with E-state index in [9.17, 15) is 4.79 Å². The van der Waals surface area contributed by atoms with Crippen molar-refractivity contribution in [1.29, 1.82) is 5.26 Å². The Bertz CT molecular complexity index is 769. The number of nitriles is 1. The van der Waals surface area contributed by atoms with E-state index in [4.69, 9.17) is 10.00 Å². The third-order valence-corrected chi connectivity index (χ3v) is 3.78. The molecule has 0 aliphatic carbocycles. The van der Waals surface area contributed by atoms with E-state index in [1.165, 1.54) is 12.4 Å². The SMILES string of the molecule is Cc1ccc(NC(=O)N2CCC(Oc3nccnc3C#N)C2)cc1. The Morgan fingerprint density at radius 3 is 2.83 bits per heavy atom. The zero-order chi connectivity index (χ0) is 16.9. The second-order valence-electron chi connectivity index (χ2n) is 5.59. The number of carbonyl (C=O) groups is 1. The largest absolute Gasteiger partial charge is 0.470 e. The highest BCUT2D eigenvalue weighted by atomic mass is 16.5. The van der Waals surface area contributed by atoms with Gasteiger partial charge in [-0.3, -0.25) is 0 Å². The van der Waals surface area contributed by atoms with Crippen molar-refractivity contribution in [2.45, 2.75) is 19.4 Å². The first-order valence-electron chi connectivity index (χ1n) is 7.66. The van der Waals surface area contributed by atoms with Gasteiger partial charge in [0, 0.05) is 31.0 Å². The van der Waals surface area contributed by atoms with Crippen LogP contribution in [0.25, 0.3) is 0 Å². The number of aromatic nitrogens is 2. The van der Waals surface area contributed by atoms with Gasteiger partial charge in [0.25, 0.3) is 5.88 Å². The third kappa shape index (κ3) is 3.60. The molecule has 1 aromatic carbocycles. The van der Waals surface area contributed by atoms with E-state index in [0.717, 1.165) is 11.3 Å². The summed E-state index contributed by atoms with van der Waals surface area (Å²) in [5, 5.41) is 11.9. The van der Waals surface area contributed by atoms with Crippen LogP contribution in [0.3, 0.4) is 0 Å². The molecule has 0 spiro atoms.